The van der Waals surface area contributed by atoms with E-state index in [0.717, 1.165) is 112 Å². The average molecular weight is 603 g/mol. The first-order valence-electron chi connectivity index (χ1n) is 15.8. The minimum atomic E-state index is -0.651. The number of hydrogen-bond donors (Lipinski definition) is 3. The smallest absolute Gasteiger partial charge is 0.306 e. The molecule has 0 bridgehead atoms. The van der Waals surface area contributed by atoms with E-state index in [1.165, 1.54) is 11.1 Å². The number of ether oxygens (including phenoxy) is 2. The van der Waals surface area contributed by atoms with Crippen LogP contribution in [0.2, 0.25) is 0 Å². The van der Waals surface area contributed by atoms with E-state index in [4.69, 9.17) is 25.4 Å². The van der Waals surface area contributed by atoms with E-state index in [1.54, 1.807) is 12.1 Å². The molecule has 1 saturated carbocycles. The van der Waals surface area contributed by atoms with Gasteiger partial charge in [-0.15, -0.1) is 0 Å². The zero-order valence-corrected chi connectivity index (χ0v) is 25.1. The first kappa shape index (κ1) is 30.1. The fourth-order valence-electron chi connectivity index (χ4n) is 6.88. The Kier molecular flexibility index (Phi) is 9.47. The molecule has 1 aliphatic heterocycles. The van der Waals surface area contributed by atoms with Crippen molar-refractivity contribution in [2.75, 3.05) is 36.9 Å². The lowest BCUT2D eigenvalue weighted by atomic mass is 9.82. The van der Waals surface area contributed by atoms with Crippen molar-refractivity contribution in [3.8, 4) is 22.8 Å². The molecule has 0 unspecified atom stereocenters. The molecule has 1 aromatic heterocycles. The number of benzene rings is 2. The quantitative estimate of drug-likeness (QED) is 0.141. The molecule has 44 heavy (non-hydrogen) atoms. The number of nitrogen functional groups attached to an aromatic ring is 1. The van der Waals surface area contributed by atoms with E-state index in [9.17, 15) is 9.90 Å². The van der Waals surface area contributed by atoms with E-state index >= 15 is 0 Å². The predicted molar refractivity (Wildman–Crippen MR) is 167 cm³/mol. The van der Waals surface area contributed by atoms with Crippen LogP contribution in [0.5, 0.6) is 11.5 Å². The van der Waals surface area contributed by atoms with Gasteiger partial charge in [-0.2, -0.15) is 4.98 Å². The molecule has 3 aromatic rings. The number of anilines is 2. The Bertz CT molecular complexity index is 1430. The van der Waals surface area contributed by atoms with Crippen LogP contribution in [0, 0.1) is 17.8 Å². The number of nitrogens with two attached hydrogens (primary N) is 1. The molecule has 234 valence electrons. The van der Waals surface area contributed by atoms with Crippen LogP contribution in [0.15, 0.2) is 42.5 Å². The zero-order valence-electron chi connectivity index (χ0n) is 25.1. The van der Waals surface area contributed by atoms with Crippen molar-refractivity contribution in [3.63, 3.8) is 0 Å². The topological polar surface area (TPSA) is 140 Å². The highest BCUT2D eigenvalue weighted by Crippen LogP contribution is 2.39. The number of carboxylic acid groups (broad SMARTS) is 1. The second kappa shape index (κ2) is 13.8. The van der Waals surface area contributed by atoms with Gasteiger partial charge in [-0.05, 0) is 111 Å². The summed E-state index contributed by atoms with van der Waals surface area (Å²) < 4.78 is 12.1. The number of aliphatic carboxylic acids is 1. The van der Waals surface area contributed by atoms with Crippen molar-refractivity contribution in [1.82, 2.24) is 9.97 Å². The van der Waals surface area contributed by atoms with Gasteiger partial charge in [-0.1, -0.05) is 12.1 Å². The standard InChI is InChI=1S/C34H42N4O6/c35-34-36-31-29-12-10-28(43-21-24-3-8-27(44-41)9-4-24)19-26(29)7-11-30(31)32(37-34)38-16-13-22(14-17-38)15-18-42-20-23-1-5-25(6-2-23)33(39)40/h3-4,8-10,12,19,22-23,25,41H,1-2,5-7,11,13-18,20-21H2,(H,39,40)(H2,35,36,37)/t23-,25+. The number of carbonyl (C=O) groups is 1. The van der Waals surface area contributed by atoms with Crippen molar-refractivity contribution in [3.05, 3.63) is 59.2 Å². The Hall–Kier alpha value is -3.89. The largest absolute Gasteiger partial charge is 0.489 e. The molecule has 0 radical (unpaired) electrons. The highest BCUT2D eigenvalue weighted by Gasteiger charge is 2.29. The van der Waals surface area contributed by atoms with E-state index in [1.807, 2.05) is 18.2 Å². The van der Waals surface area contributed by atoms with Gasteiger partial charge in [0.2, 0.25) is 5.95 Å². The molecule has 2 fully saturated rings. The number of carboxylic acids is 1. The van der Waals surface area contributed by atoms with Gasteiger partial charge in [-0.25, -0.2) is 10.2 Å². The third kappa shape index (κ3) is 7.08. The van der Waals surface area contributed by atoms with E-state index in [2.05, 4.69) is 26.9 Å². The third-order valence-corrected chi connectivity index (χ3v) is 9.55. The van der Waals surface area contributed by atoms with Gasteiger partial charge >= 0.3 is 5.97 Å². The highest BCUT2D eigenvalue weighted by atomic mass is 17.1. The molecule has 0 atom stereocenters. The number of fused-ring (bicyclic) bond motifs is 3. The lowest BCUT2D eigenvalue weighted by Gasteiger charge is -2.35. The van der Waals surface area contributed by atoms with Gasteiger partial charge in [0.25, 0.3) is 0 Å². The van der Waals surface area contributed by atoms with Crippen molar-refractivity contribution in [2.24, 2.45) is 17.8 Å². The van der Waals surface area contributed by atoms with Gasteiger partial charge in [0, 0.05) is 37.4 Å². The Morgan fingerprint density at radius 1 is 0.932 bits per heavy atom. The molecule has 2 aliphatic carbocycles. The monoisotopic (exact) mass is 602 g/mol. The molecule has 6 rings (SSSR count). The van der Waals surface area contributed by atoms with Crippen LogP contribution in [-0.2, 0) is 29.0 Å². The summed E-state index contributed by atoms with van der Waals surface area (Å²) in [5.41, 5.74) is 11.6. The molecule has 3 aliphatic rings. The summed E-state index contributed by atoms with van der Waals surface area (Å²) in [6.07, 6.45) is 8.46. The lowest BCUT2D eigenvalue weighted by Crippen LogP contribution is -2.36. The number of nitrogens with zero attached hydrogens (tertiary/aromatic N) is 3. The van der Waals surface area contributed by atoms with Gasteiger partial charge in [0.1, 0.15) is 18.2 Å². The zero-order chi connectivity index (χ0) is 30.5. The molecule has 10 nitrogen and oxygen atoms in total. The summed E-state index contributed by atoms with van der Waals surface area (Å²) >= 11 is 0. The van der Waals surface area contributed by atoms with Crippen LogP contribution >= 0.6 is 0 Å². The van der Waals surface area contributed by atoms with E-state index in [-0.39, 0.29) is 5.92 Å². The van der Waals surface area contributed by atoms with Gasteiger partial charge in [0.15, 0.2) is 5.75 Å². The summed E-state index contributed by atoms with van der Waals surface area (Å²) in [5, 5.41) is 18.0. The van der Waals surface area contributed by atoms with Crippen molar-refractivity contribution in [2.45, 2.75) is 64.4 Å². The minimum absolute atomic E-state index is 0.167. The molecule has 10 heteroatoms. The van der Waals surface area contributed by atoms with Crippen molar-refractivity contribution >= 4 is 17.7 Å². The first-order valence-corrected chi connectivity index (χ1v) is 15.8. The Labute approximate surface area is 258 Å². The van der Waals surface area contributed by atoms with E-state index < -0.39 is 5.97 Å². The number of rotatable bonds is 11. The van der Waals surface area contributed by atoms with Crippen LogP contribution < -0.4 is 20.3 Å². The molecule has 1 saturated heterocycles. The SMILES string of the molecule is Nc1nc2c(c(N3CCC(CCOC[C@H]4CC[C@@H](C(=O)O)CC4)CC3)n1)CCc1cc(OCc3ccc(OO)cc3)ccc1-2. The fraction of sp³-hybridized carbons (Fsp3) is 0.500. The molecule has 2 heterocycles. The molecule has 2 aromatic carbocycles. The minimum Gasteiger partial charge on any atom is -0.489 e. The molecular weight excluding hydrogens is 560 g/mol. The van der Waals surface area contributed by atoms with Crippen molar-refractivity contribution in [1.29, 1.82) is 0 Å². The summed E-state index contributed by atoms with van der Waals surface area (Å²) in [5.74, 6) is 2.77. The van der Waals surface area contributed by atoms with Crippen LogP contribution in [0.25, 0.3) is 11.3 Å². The summed E-state index contributed by atoms with van der Waals surface area (Å²) in [6.45, 7) is 3.82. The van der Waals surface area contributed by atoms with Crippen LogP contribution in [0.4, 0.5) is 11.8 Å². The van der Waals surface area contributed by atoms with Crippen LogP contribution in [0.3, 0.4) is 0 Å². The third-order valence-electron chi connectivity index (χ3n) is 9.55. The van der Waals surface area contributed by atoms with E-state index in [0.29, 0.717) is 30.1 Å². The molecular formula is C34H42N4O6. The van der Waals surface area contributed by atoms with Gasteiger partial charge < -0.3 is 30.1 Å². The maximum atomic E-state index is 11.2. The average Bonchev–Trinajstić information content (AvgIpc) is 3.06. The number of piperidine rings is 1. The number of aromatic nitrogens is 2. The van der Waals surface area contributed by atoms with Crippen LogP contribution in [0.1, 0.15) is 61.6 Å². The second-order valence-electron chi connectivity index (χ2n) is 12.4. The first-order chi connectivity index (χ1) is 21.5. The van der Waals surface area contributed by atoms with Gasteiger partial charge in [-0.3, -0.25) is 4.79 Å². The number of aryl methyl sites for hydroxylation is 1. The maximum Gasteiger partial charge on any atom is 0.306 e. The summed E-state index contributed by atoms with van der Waals surface area (Å²) in [7, 11) is 0. The molecule has 4 N–H and O–H groups in total. The number of hydrogen-bond acceptors (Lipinski definition) is 9. The van der Waals surface area contributed by atoms with Crippen molar-refractivity contribution < 1.29 is 29.5 Å². The Balaban J connectivity index is 1.01. The second-order valence-corrected chi connectivity index (χ2v) is 12.4. The lowest BCUT2D eigenvalue weighted by molar-refractivity contribution is -0.143. The Morgan fingerprint density at radius 3 is 2.41 bits per heavy atom. The summed E-state index contributed by atoms with van der Waals surface area (Å²) in [6, 6.07) is 13.3. The summed E-state index contributed by atoms with van der Waals surface area (Å²) in [4.78, 5) is 27.2. The molecule has 0 amide bonds. The Morgan fingerprint density at radius 2 is 1.68 bits per heavy atom. The maximum absolute atomic E-state index is 11.2. The fourth-order valence-corrected chi connectivity index (χ4v) is 6.88. The predicted octanol–water partition coefficient (Wildman–Crippen LogP) is 5.77. The van der Waals surface area contributed by atoms with Crippen LogP contribution in [-0.4, -0.2) is 52.6 Å². The molecule has 0 spiro atoms. The highest BCUT2D eigenvalue weighted by molar-refractivity contribution is 5.76. The van der Waals surface area contributed by atoms with Gasteiger partial charge in [0.05, 0.1) is 11.6 Å². The normalized spacial score (nSPS) is 20.1.